The second-order valence-corrected chi connectivity index (χ2v) is 3.86. The molecule has 0 bridgehead atoms. The second-order valence-electron chi connectivity index (χ2n) is 2.45. The number of nitrogens with zero attached hydrogens (tertiary/aromatic N) is 1. The molecule has 12 heavy (non-hydrogen) atoms. The zero-order valence-corrected chi connectivity index (χ0v) is 8.78. The number of pyridine rings is 1. The molecule has 0 radical (unpaired) electrons. The third-order valence-electron chi connectivity index (χ3n) is 1.72. The lowest BCUT2D eigenvalue weighted by molar-refractivity contribution is 1.22. The van der Waals surface area contributed by atoms with Crippen molar-refractivity contribution in [2.24, 2.45) is 0 Å². The lowest BCUT2D eigenvalue weighted by Gasteiger charge is -1.95. The summed E-state index contributed by atoms with van der Waals surface area (Å²) in [5.74, 6) is 0. The van der Waals surface area contributed by atoms with E-state index in [1.54, 1.807) is 10.5 Å². The van der Waals surface area contributed by atoms with Gasteiger partial charge in [-0.05, 0) is 31.4 Å². The van der Waals surface area contributed by atoms with Gasteiger partial charge in [0.1, 0.15) is 5.52 Å². The molecule has 0 amide bonds. The molecule has 0 fully saturated rings. The number of rotatable bonds is 0. The van der Waals surface area contributed by atoms with Gasteiger partial charge in [0.05, 0.1) is 0 Å². The quantitative estimate of drug-likeness (QED) is 0.705. The van der Waals surface area contributed by atoms with Crippen molar-refractivity contribution in [1.29, 1.82) is 0 Å². The summed E-state index contributed by atoms with van der Waals surface area (Å²) in [5, 5.41) is 0.925. The molecule has 1 N–H and O–H groups in total. The molecule has 0 saturated heterocycles. The zero-order valence-electron chi connectivity index (χ0n) is 6.04. The Morgan fingerprint density at radius 1 is 1.58 bits per heavy atom. The molecule has 2 rings (SSSR count). The van der Waals surface area contributed by atoms with E-state index in [9.17, 15) is 4.79 Å². The number of hydrogen-bond donors (Lipinski definition) is 1. The fourth-order valence-corrected chi connectivity index (χ4v) is 1.93. The molecule has 1 atom stereocenters. The summed E-state index contributed by atoms with van der Waals surface area (Å²) in [6, 6.07) is 1.89. The molecule has 5 heteroatoms. The molecule has 0 aliphatic heterocycles. The van der Waals surface area contributed by atoms with Crippen LogP contribution >= 0.6 is 25.3 Å². The van der Waals surface area contributed by atoms with Gasteiger partial charge in [0.15, 0.2) is 0 Å². The van der Waals surface area contributed by atoms with Crippen LogP contribution in [-0.2, 0) is 0 Å². The molecule has 2 aromatic heterocycles. The van der Waals surface area contributed by atoms with E-state index < -0.39 is 0 Å². The van der Waals surface area contributed by atoms with Crippen LogP contribution in [-0.4, -0.2) is 9.32 Å². The number of aromatic amines is 1. The zero-order chi connectivity index (χ0) is 8.72. The number of fused-ring (bicyclic) bond motifs is 1. The van der Waals surface area contributed by atoms with Crippen LogP contribution in [0.25, 0.3) is 10.9 Å². The summed E-state index contributed by atoms with van der Waals surface area (Å²) in [4.78, 5) is 13.9. The van der Waals surface area contributed by atoms with Gasteiger partial charge in [-0.3, -0.25) is 4.79 Å². The fourth-order valence-electron chi connectivity index (χ4n) is 1.15. The number of halogens is 1. The molecule has 0 aliphatic carbocycles. The fraction of sp³-hybridized carbons (Fsp3) is 0. The average molecular weight is 245 g/mol. The van der Waals surface area contributed by atoms with Crippen molar-refractivity contribution in [1.82, 2.24) is 9.32 Å². The Kier molecular flexibility index (Phi) is 1.81. The smallest absolute Gasteiger partial charge is 0.272 e. The Labute approximate surface area is 79.2 Å². The Hall–Kier alpha value is -0.600. The summed E-state index contributed by atoms with van der Waals surface area (Å²) in [6.07, 6.45) is 3.48. The largest absolute Gasteiger partial charge is 0.327 e. The maximum atomic E-state index is 11.3. The third-order valence-corrected chi connectivity index (χ3v) is 2.80. The Balaban J connectivity index is 3.09. The van der Waals surface area contributed by atoms with Crippen molar-refractivity contribution in [2.75, 3.05) is 0 Å². The van der Waals surface area contributed by atoms with Crippen molar-refractivity contribution in [3.05, 3.63) is 33.3 Å². The molecule has 0 spiro atoms. The van der Waals surface area contributed by atoms with Gasteiger partial charge in [0.2, 0.25) is 0 Å². The summed E-state index contributed by atoms with van der Waals surface area (Å²) < 4.78 is 2.62. The van der Waals surface area contributed by atoms with Crippen LogP contribution in [0.3, 0.4) is 0 Å². The van der Waals surface area contributed by atoms with Gasteiger partial charge < -0.3 is 9.32 Å². The van der Waals surface area contributed by atoms with E-state index in [-0.39, 0.29) is 5.56 Å². The maximum Gasteiger partial charge on any atom is 0.272 e. The highest BCUT2D eigenvalue weighted by Crippen LogP contribution is 2.21. The number of H-pyrrole nitrogens is 1. The van der Waals surface area contributed by atoms with E-state index in [1.807, 2.05) is 12.3 Å². The summed E-state index contributed by atoms with van der Waals surface area (Å²) in [5.41, 5.74) is 0.586. The summed E-state index contributed by atoms with van der Waals surface area (Å²) in [7, 11) is 2.46. The normalized spacial score (nSPS) is 10.8. The SMILES string of the molecule is O=c1[nH]cc(Br)c2ccn(P)c12. The van der Waals surface area contributed by atoms with Crippen LogP contribution in [0.1, 0.15) is 0 Å². The van der Waals surface area contributed by atoms with Gasteiger partial charge in [-0.15, -0.1) is 0 Å². The molecule has 2 aromatic rings. The molecule has 1 unspecified atom stereocenters. The average Bonchev–Trinajstić information content (AvgIpc) is 2.42. The Morgan fingerprint density at radius 3 is 3.00 bits per heavy atom. The summed E-state index contributed by atoms with van der Waals surface area (Å²) in [6.45, 7) is 0. The number of nitrogens with one attached hydrogen (secondary N) is 1. The van der Waals surface area contributed by atoms with Gasteiger partial charge in [0.25, 0.3) is 5.56 Å². The van der Waals surface area contributed by atoms with E-state index in [0.29, 0.717) is 5.52 Å². The van der Waals surface area contributed by atoms with Crippen LogP contribution in [0.4, 0.5) is 0 Å². The highest BCUT2D eigenvalue weighted by Gasteiger charge is 2.04. The number of aromatic nitrogens is 2. The molecule has 0 aromatic carbocycles. The Bertz CT molecular complexity index is 488. The molecule has 0 aliphatic rings. The molecule has 3 nitrogen and oxygen atoms in total. The minimum absolute atomic E-state index is 0.0757. The molecular weight excluding hydrogens is 239 g/mol. The highest BCUT2D eigenvalue weighted by atomic mass is 79.9. The first-order valence-electron chi connectivity index (χ1n) is 3.33. The molecule has 0 saturated carbocycles. The predicted molar refractivity (Wildman–Crippen MR) is 55.4 cm³/mol. The van der Waals surface area contributed by atoms with E-state index >= 15 is 0 Å². The lowest BCUT2D eigenvalue weighted by atomic mass is 10.3. The van der Waals surface area contributed by atoms with Crippen LogP contribution in [0.15, 0.2) is 27.7 Å². The lowest BCUT2D eigenvalue weighted by Crippen LogP contribution is -2.06. The van der Waals surface area contributed by atoms with Gasteiger partial charge in [0, 0.05) is 22.3 Å². The minimum atomic E-state index is -0.0757. The number of hydrogen-bond acceptors (Lipinski definition) is 1. The monoisotopic (exact) mass is 244 g/mol. The van der Waals surface area contributed by atoms with Crippen LogP contribution < -0.4 is 5.56 Å². The van der Waals surface area contributed by atoms with Crippen molar-refractivity contribution < 1.29 is 0 Å². The predicted octanol–water partition coefficient (Wildman–Crippen LogP) is 1.73. The summed E-state index contributed by atoms with van der Waals surface area (Å²) >= 11 is 3.35. The van der Waals surface area contributed by atoms with E-state index in [0.717, 1.165) is 9.86 Å². The minimum Gasteiger partial charge on any atom is -0.327 e. The van der Waals surface area contributed by atoms with Gasteiger partial charge in [-0.25, -0.2) is 0 Å². The van der Waals surface area contributed by atoms with Crippen molar-refractivity contribution >= 4 is 36.2 Å². The topological polar surface area (TPSA) is 37.8 Å². The first kappa shape index (κ1) is 8.02. The second kappa shape index (κ2) is 2.71. The first-order chi connectivity index (χ1) is 5.70. The van der Waals surface area contributed by atoms with E-state index in [2.05, 4.69) is 30.3 Å². The highest BCUT2D eigenvalue weighted by molar-refractivity contribution is 9.10. The van der Waals surface area contributed by atoms with E-state index in [4.69, 9.17) is 0 Å². The van der Waals surface area contributed by atoms with Crippen LogP contribution in [0, 0.1) is 0 Å². The third kappa shape index (κ3) is 1.03. The van der Waals surface area contributed by atoms with Crippen molar-refractivity contribution in [3.63, 3.8) is 0 Å². The molecular formula is C7H6BrN2OP. The van der Waals surface area contributed by atoms with Crippen molar-refractivity contribution in [2.45, 2.75) is 0 Å². The van der Waals surface area contributed by atoms with Gasteiger partial charge in [-0.2, -0.15) is 0 Å². The van der Waals surface area contributed by atoms with Gasteiger partial charge >= 0.3 is 0 Å². The van der Waals surface area contributed by atoms with Crippen LogP contribution in [0.2, 0.25) is 0 Å². The molecule has 62 valence electrons. The van der Waals surface area contributed by atoms with Gasteiger partial charge in [-0.1, -0.05) is 0 Å². The maximum absolute atomic E-state index is 11.3. The van der Waals surface area contributed by atoms with Crippen LogP contribution in [0.5, 0.6) is 0 Å². The van der Waals surface area contributed by atoms with E-state index in [1.165, 1.54) is 0 Å². The Morgan fingerprint density at radius 2 is 2.33 bits per heavy atom. The first-order valence-corrected chi connectivity index (χ1v) is 4.64. The van der Waals surface area contributed by atoms with Crippen molar-refractivity contribution in [3.8, 4) is 0 Å². The molecule has 2 heterocycles. The standard InChI is InChI=1S/C7H6BrN2OP/c8-5-3-9-7(11)6-4(5)1-2-10(6)12/h1-3H,12H2,(H,9,11).